The number of para-hydroxylation sites is 1. The molecule has 1 fully saturated rings. The third kappa shape index (κ3) is 2.62. The van der Waals surface area contributed by atoms with E-state index in [2.05, 4.69) is 0 Å². The first-order valence-corrected chi connectivity index (χ1v) is 6.93. The maximum Gasteiger partial charge on any atom is 0.498 e. The van der Waals surface area contributed by atoms with Crippen molar-refractivity contribution in [1.82, 2.24) is 0 Å². The average molecular weight is 283 g/mol. The smallest absolute Gasteiger partial charge is 0.493 e. The van der Waals surface area contributed by atoms with Crippen molar-refractivity contribution in [3.63, 3.8) is 0 Å². The van der Waals surface area contributed by atoms with Crippen LogP contribution in [-0.4, -0.2) is 24.9 Å². The highest BCUT2D eigenvalue weighted by Gasteiger charge is 2.52. The Morgan fingerprint density at radius 3 is 2.26 bits per heavy atom. The minimum atomic E-state index is -0.453. The monoisotopic (exact) mass is 282 g/mol. The summed E-state index contributed by atoms with van der Waals surface area (Å²) in [5, 5.41) is 0.578. The van der Waals surface area contributed by atoms with E-state index >= 15 is 0 Å². The van der Waals surface area contributed by atoms with Crippen molar-refractivity contribution in [3.05, 3.63) is 23.2 Å². The molecule has 0 aromatic heterocycles. The number of ether oxygens (including phenoxy) is 1. The summed E-state index contributed by atoms with van der Waals surface area (Å²) in [6.07, 6.45) is 0. The number of benzene rings is 1. The van der Waals surface area contributed by atoms with Gasteiger partial charge in [0.15, 0.2) is 0 Å². The molecular formula is C14H20BClO3. The third-order valence-corrected chi connectivity index (χ3v) is 4.09. The second-order valence-corrected chi connectivity index (χ2v) is 6.09. The van der Waals surface area contributed by atoms with Crippen LogP contribution in [-0.2, 0) is 9.31 Å². The molecule has 1 aromatic rings. The molecule has 0 radical (unpaired) electrons. The van der Waals surface area contributed by atoms with Gasteiger partial charge in [-0.2, -0.15) is 0 Å². The molecule has 0 aliphatic carbocycles. The van der Waals surface area contributed by atoms with Gasteiger partial charge < -0.3 is 14.0 Å². The normalized spacial score (nSPS) is 20.6. The third-order valence-electron chi connectivity index (χ3n) is 3.79. The number of rotatable bonds is 3. The van der Waals surface area contributed by atoms with Gasteiger partial charge in [-0.1, -0.05) is 23.7 Å². The van der Waals surface area contributed by atoms with Crippen LogP contribution in [0.3, 0.4) is 0 Å². The molecule has 0 bridgehead atoms. The van der Waals surface area contributed by atoms with E-state index in [1.54, 1.807) is 6.07 Å². The van der Waals surface area contributed by atoms with Crippen LogP contribution in [0.4, 0.5) is 0 Å². The van der Waals surface area contributed by atoms with Crippen LogP contribution in [0.2, 0.25) is 5.02 Å². The quantitative estimate of drug-likeness (QED) is 0.798. The zero-order chi connectivity index (χ0) is 14.3. The van der Waals surface area contributed by atoms with E-state index in [1.807, 2.05) is 46.8 Å². The van der Waals surface area contributed by atoms with Gasteiger partial charge in [-0.25, -0.2) is 0 Å². The first kappa shape index (κ1) is 14.7. The summed E-state index contributed by atoms with van der Waals surface area (Å²) in [5.41, 5.74) is 0.0976. The summed E-state index contributed by atoms with van der Waals surface area (Å²) in [5.74, 6) is 0.644. The summed E-state index contributed by atoms with van der Waals surface area (Å²) < 4.78 is 17.7. The summed E-state index contributed by atoms with van der Waals surface area (Å²) >= 11 is 6.19. The largest absolute Gasteiger partial charge is 0.498 e. The van der Waals surface area contributed by atoms with Crippen LogP contribution >= 0.6 is 11.6 Å². The van der Waals surface area contributed by atoms with Gasteiger partial charge in [0.25, 0.3) is 0 Å². The molecule has 1 heterocycles. The Kier molecular flexibility index (Phi) is 3.87. The molecule has 0 unspecified atom stereocenters. The predicted molar refractivity (Wildman–Crippen MR) is 78.3 cm³/mol. The Morgan fingerprint density at radius 2 is 1.74 bits per heavy atom. The molecule has 5 heteroatoms. The van der Waals surface area contributed by atoms with Gasteiger partial charge in [0.05, 0.1) is 22.8 Å². The van der Waals surface area contributed by atoms with E-state index in [4.69, 9.17) is 25.6 Å². The molecule has 19 heavy (non-hydrogen) atoms. The number of hydrogen-bond donors (Lipinski definition) is 0. The molecule has 3 nitrogen and oxygen atoms in total. The fourth-order valence-corrected chi connectivity index (χ4v) is 2.21. The number of halogens is 1. The lowest BCUT2D eigenvalue weighted by molar-refractivity contribution is 0.00578. The van der Waals surface area contributed by atoms with Gasteiger partial charge in [-0.3, -0.25) is 0 Å². The summed E-state index contributed by atoms with van der Waals surface area (Å²) in [7, 11) is -0.453. The van der Waals surface area contributed by atoms with Crippen molar-refractivity contribution < 1.29 is 14.0 Å². The Labute approximate surface area is 120 Å². The van der Waals surface area contributed by atoms with Gasteiger partial charge in [0.2, 0.25) is 0 Å². The Morgan fingerprint density at radius 1 is 1.16 bits per heavy atom. The Balaban J connectivity index is 2.37. The predicted octanol–water partition coefficient (Wildman–Crippen LogP) is 3.04. The first-order chi connectivity index (χ1) is 8.78. The molecule has 2 rings (SSSR count). The minimum Gasteiger partial charge on any atom is -0.493 e. The highest BCUT2D eigenvalue weighted by atomic mass is 35.5. The summed E-state index contributed by atoms with van der Waals surface area (Å²) in [4.78, 5) is 0. The Bertz CT molecular complexity index is 458. The lowest BCUT2D eigenvalue weighted by atomic mass is 9.78. The highest BCUT2D eigenvalue weighted by molar-refractivity contribution is 6.63. The van der Waals surface area contributed by atoms with Gasteiger partial charge in [0, 0.05) is 5.46 Å². The van der Waals surface area contributed by atoms with Gasteiger partial charge in [0.1, 0.15) is 5.75 Å². The molecular weight excluding hydrogens is 262 g/mol. The zero-order valence-electron chi connectivity index (χ0n) is 12.1. The van der Waals surface area contributed by atoms with E-state index < -0.39 is 7.12 Å². The zero-order valence-corrected chi connectivity index (χ0v) is 12.9. The maximum absolute atomic E-state index is 6.19. The first-order valence-electron chi connectivity index (χ1n) is 6.55. The topological polar surface area (TPSA) is 27.7 Å². The van der Waals surface area contributed by atoms with Crippen LogP contribution in [0, 0.1) is 0 Å². The highest BCUT2D eigenvalue weighted by Crippen LogP contribution is 2.37. The minimum absolute atomic E-state index is 0.372. The number of hydrogen-bond acceptors (Lipinski definition) is 3. The van der Waals surface area contributed by atoms with Crippen LogP contribution < -0.4 is 10.2 Å². The van der Waals surface area contributed by atoms with Crippen molar-refractivity contribution in [2.24, 2.45) is 0 Å². The fourth-order valence-electron chi connectivity index (χ4n) is 1.98. The van der Waals surface area contributed by atoms with Crippen molar-refractivity contribution >= 4 is 24.2 Å². The van der Waals surface area contributed by atoms with Crippen molar-refractivity contribution in [2.45, 2.75) is 45.8 Å². The summed E-state index contributed by atoms with van der Waals surface area (Å²) in [6.45, 7) is 10.6. The molecule has 0 spiro atoms. The van der Waals surface area contributed by atoms with Crippen LogP contribution in [0.15, 0.2) is 18.2 Å². The second-order valence-electron chi connectivity index (χ2n) is 5.68. The van der Waals surface area contributed by atoms with E-state index in [1.165, 1.54) is 0 Å². The fraction of sp³-hybridized carbons (Fsp3) is 0.571. The summed E-state index contributed by atoms with van der Waals surface area (Å²) in [6, 6.07) is 5.62. The molecule has 0 saturated carbocycles. The molecule has 104 valence electrons. The van der Waals surface area contributed by atoms with Gasteiger partial charge in [-0.15, -0.1) is 0 Å². The molecule has 0 N–H and O–H groups in total. The lowest BCUT2D eigenvalue weighted by Crippen LogP contribution is -2.41. The molecule has 0 atom stereocenters. The van der Waals surface area contributed by atoms with Gasteiger partial charge in [-0.05, 0) is 40.7 Å². The molecule has 0 amide bonds. The molecule has 1 aliphatic heterocycles. The van der Waals surface area contributed by atoms with Gasteiger partial charge >= 0.3 is 7.12 Å². The average Bonchev–Trinajstić information content (AvgIpc) is 2.51. The second kappa shape index (κ2) is 5.00. The van der Waals surface area contributed by atoms with E-state index in [-0.39, 0.29) is 11.2 Å². The van der Waals surface area contributed by atoms with Crippen LogP contribution in [0.1, 0.15) is 34.6 Å². The standard InChI is InChI=1S/C14H20BClO3/c1-6-17-12-10(8-7-9-11(12)16)15-18-13(2,3)14(4,5)19-15/h7-9H,6H2,1-5H3. The molecule has 1 saturated heterocycles. The van der Waals surface area contributed by atoms with Crippen molar-refractivity contribution in [2.75, 3.05) is 6.61 Å². The van der Waals surface area contributed by atoms with E-state index in [9.17, 15) is 0 Å². The van der Waals surface area contributed by atoms with Crippen LogP contribution in [0.25, 0.3) is 0 Å². The Hall–Kier alpha value is -0.705. The maximum atomic E-state index is 6.19. The van der Waals surface area contributed by atoms with E-state index in [0.29, 0.717) is 17.4 Å². The lowest BCUT2D eigenvalue weighted by Gasteiger charge is -2.32. The SMILES string of the molecule is CCOc1c(Cl)cccc1B1OC(C)(C)C(C)(C)O1. The van der Waals surface area contributed by atoms with E-state index in [0.717, 1.165) is 5.46 Å². The van der Waals surface area contributed by atoms with Crippen molar-refractivity contribution in [3.8, 4) is 5.75 Å². The van der Waals surface area contributed by atoms with Crippen LogP contribution in [0.5, 0.6) is 5.75 Å². The van der Waals surface area contributed by atoms with Crippen molar-refractivity contribution in [1.29, 1.82) is 0 Å². The molecule has 1 aromatic carbocycles. The molecule has 1 aliphatic rings.